The fraction of sp³-hybridized carbons (Fsp3) is 0.304. The number of amides is 1. The number of ketones is 1. The molecule has 0 unspecified atom stereocenters. The third-order valence-corrected chi connectivity index (χ3v) is 5.75. The van der Waals surface area contributed by atoms with Gasteiger partial charge in [-0.05, 0) is 54.8 Å². The molecule has 2 aromatic carbocycles. The predicted molar refractivity (Wildman–Crippen MR) is 114 cm³/mol. The quantitative estimate of drug-likeness (QED) is 0.242. The fourth-order valence-electron chi connectivity index (χ4n) is 4.11. The van der Waals surface area contributed by atoms with Crippen LogP contribution < -0.4 is 4.74 Å². The molecule has 2 heterocycles. The van der Waals surface area contributed by atoms with E-state index < -0.39 is 22.7 Å². The van der Waals surface area contributed by atoms with Crippen molar-refractivity contribution in [3.05, 3.63) is 75.3 Å². The molecule has 2 aliphatic rings. The van der Waals surface area contributed by atoms with Gasteiger partial charge in [0.05, 0.1) is 29.8 Å². The summed E-state index contributed by atoms with van der Waals surface area (Å²) >= 11 is 0. The molecule has 2 atom stereocenters. The highest BCUT2D eigenvalue weighted by molar-refractivity contribution is 6.46. The molecule has 2 aromatic rings. The van der Waals surface area contributed by atoms with E-state index in [1.54, 1.807) is 24.3 Å². The maximum Gasteiger partial charge on any atom is 0.295 e. The molecule has 166 valence electrons. The van der Waals surface area contributed by atoms with E-state index in [0.29, 0.717) is 23.5 Å². The van der Waals surface area contributed by atoms with Gasteiger partial charge < -0.3 is 19.5 Å². The van der Waals surface area contributed by atoms with E-state index in [1.807, 2.05) is 0 Å². The molecule has 0 aromatic heterocycles. The molecule has 1 N–H and O–H groups in total. The van der Waals surface area contributed by atoms with Gasteiger partial charge in [-0.1, -0.05) is 0 Å². The minimum atomic E-state index is -0.887. The van der Waals surface area contributed by atoms with Crippen molar-refractivity contribution in [3.8, 4) is 5.75 Å². The van der Waals surface area contributed by atoms with Crippen LogP contribution in [-0.2, 0) is 14.3 Å². The maximum absolute atomic E-state index is 13.0. The van der Waals surface area contributed by atoms with Crippen molar-refractivity contribution in [3.63, 3.8) is 0 Å². The number of methoxy groups -OCH3 is 1. The van der Waals surface area contributed by atoms with E-state index in [4.69, 9.17) is 9.47 Å². The van der Waals surface area contributed by atoms with Crippen molar-refractivity contribution >= 4 is 23.1 Å². The summed E-state index contributed by atoms with van der Waals surface area (Å²) in [6.07, 6.45) is 1.41. The van der Waals surface area contributed by atoms with Crippen molar-refractivity contribution < 1.29 is 29.1 Å². The van der Waals surface area contributed by atoms with Gasteiger partial charge in [-0.2, -0.15) is 0 Å². The average molecular weight is 438 g/mol. The minimum absolute atomic E-state index is 0.0629. The lowest BCUT2D eigenvalue weighted by molar-refractivity contribution is -0.384. The Morgan fingerprint density at radius 2 is 1.88 bits per heavy atom. The third-order valence-electron chi connectivity index (χ3n) is 5.75. The van der Waals surface area contributed by atoms with Crippen LogP contribution in [0.3, 0.4) is 0 Å². The Balaban J connectivity index is 1.80. The van der Waals surface area contributed by atoms with Crippen LogP contribution in [0.25, 0.3) is 5.76 Å². The highest BCUT2D eigenvalue weighted by atomic mass is 16.6. The van der Waals surface area contributed by atoms with E-state index in [1.165, 1.54) is 36.3 Å². The molecule has 4 rings (SSSR count). The SMILES string of the molecule is COc1ccc(/C(O)=C2\C(=O)C(=O)N(C[C@@H]3CCCO3)[C@H]2c2ccc([N+](=O)[O-])cc2)cc1. The highest BCUT2D eigenvalue weighted by Gasteiger charge is 2.47. The largest absolute Gasteiger partial charge is 0.507 e. The lowest BCUT2D eigenvalue weighted by Crippen LogP contribution is -2.36. The number of benzene rings is 2. The lowest BCUT2D eigenvalue weighted by Gasteiger charge is -2.27. The number of hydrogen-bond donors (Lipinski definition) is 1. The van der Waals surface area contributed by atoms with Gasteiger partial charge in [0.25, 0.3) is 17.4 Å². The molecule has 2 saturated heterocycles. The van der Waals surface area contributed by atoms with Crippen molar-refractivity contribution in [2.75, 3.05) is 20.3 Å². The maximum atomic E-state index is 13.0. The Hall–Kier alpha value is -3.72. The van der Waals surface area contributed by atoms with Gasteiger partial charge in [-0.3, -0.25) is 19.7 Å². The zero-order chi connectivity index (χ0) is 22.8. The van der Waals surface area contributed by atoms with Crippen LogP contribution in [0.5, 0.6) is 5.75 Å². The molecule has 0 radical (unpaired) electrons. The van der Waals surface area contributed by atoms with E-state index in [-0.39, 0.29) is 29.7 Å². The number of aliphatic hydroxyl groups is 1. The standard InChI is InChI=1S/C23H22N2O7/c1-31-17-10-6-15(7-11-17)21(26)19-20(14-4-8-16(9-5-14)25(29)30)24(23(28)22(19)27)13-18-3-2-12-32-18/h4-11,18,20,26H,2-3,12-13H2,1H3/b21-19+/t18-,20-/m0/s1. The average Bonchev–Trinajstić information content (AvgIpc) is 3.41. The molecule has 2 aliphatic heterocycles. The first-order valence-corrected chi connectivity index (χ1v) is 10.2. The van der Waals surface area contributed by atoms with Gasteiger partial charge >= 0.3 is 0 Å². The molecule has 0 bridgehead atoms. The summed E-state index contributed by atoms with van der Waals surface area (Å²) in [5, 5.41) is 22.1. The van der Waals surface area contributed by atoms with Gasteiger partial charge in [0.1, 0.15) is 11.5 Å². The Kier molecular flexibility index (Phi) is 5.91. The summed E-state index contributed by atoms with van der Waals surface area (Å²) in [7, 11) is 1.51. The van der Waals surface area contributed by atoms with E-state index in [2.05, 4.69) is 0 Å². The number of aliphatic hydroxyl groups excluding tert-OH is 1. The first-order valence-electron chi connectivity index (χ1n) is 10.2. The zero-order valence-corrected chi connectivity index (χ0v) is 17.4. The molecule has 1 amide bonds. The Morgan fingerprint density at radius 3 is 2.44 bits per heavy atom. The Labute approximate surface area is 184 Å². The van der Waals surface area contributed by atoms with E-state index in [9.17, 15) is 24.8 Å². The van der Waals surface area contributed by atoms with Gasteiger partial charge in [-0.15, -0.1) is 0 Å². The van der Waals surface area contributed by atoms with E-state index in [0.717, 1.165) is 12.8 Å². The summed E-state index contributed by atoms with van der Waals surface area (Å²) in [4.78, 5) is 37.9. The van der Waals surface area contributed by atoms with Crippen molar-refractivity contribution in [1.82, 2.24) is 4.90 Å². The second-order valence-corrected chi connectivity index (χ2v) is 7.66. The molecule has 32 heavy (non-hydrogen) atoms. The van der Waals surface area contributed by atoms with Crippen LogP contribution in [0, 0.1) is 10.1 Å². The number of ether oxygens (including phenoxy) is 2. The Bertz CT molecular complexity index is 1070. The van der Waals surface area contributed by atoms with Crippen LogP contribution >= 0.6 is 0 Å². The second-order valence-electron chi connectivity index (χ2n) is 7.66. The highest BCUT2D eigenvalue weighted by Crippen LogP contribution is 2.40. The van der Waals surface area contributed by atoms with Gasteiger partial charge in [0, 0.05) is 30.8 Å². The number of rotatable bonds is 6. The fourth-order valence-corrected chi connectivity index (χ4v) is 4.11. The monoisotopic (exact) mass is 438 g/mol. The molecule has 0 aliphatic carbocycles. The third kappa shape index (κ3) is 3.94. The first-order chi connectivity index (χ1) is 15.4. The number of likely N-dealkylation sites (tertiary alicyclic amines) is 1. The molecule has 0 spiro atoms. The smallest absolute Gasteiger partial charge is 0.295 e. The summed E-state index contributed by atoms with van der Waals surface area (Å²) < 4.78 is 10.8. The normalized spacial score (nSPS) is 22.3. The molecule has 0 saturated carbocycles. The molecule has 9 heteroatoms. The molecule has 9 nitrogen and oxygen atoms in total. The van der Waals surface area contributed by atoms with E-state index >= 15 is 0 Å². The number of nitrogens with zero attached hydrogens (tertiary/aromatic N) is 2. The summed E-state index contributed by atoms with van der Waals surface area (Å²) in [6.45, 7) is 0.772. The van der Waals surface area contributed by atoms with Gasteiger partial charge in [-0.25, -0.2) is 0 Å². The second kappa shape index (κ2) is 8.80. The summed E-state index contributed by atoms with van der Waals surface area (Å²) in [6, 6.07) is 11.2. The van der Waals surface area contributed by atoms with Gasteiger partial charge in [0.2, 0.25) is 0 Å². The van der Waals surface area contributed by atoms with Crippen LogP contribution in [0.4, 0.5) is 5.69 Å². The first kappa shape index (κ1) is 21.5. The summed E-state index contributed by atoms with van der Waals surface area (Å²) in [5.41, 5.74) is 0.669. The number of Topliss-reactive ketones (excluding diaryl/α,β-unsaturated/α-hetero) is 1. The predicted octanol–water partition coefficient (Wildman–Crippen LogP) is 3.20. The van der Waals surface area contributed by atoms with Crippen molar-refractivity contribution in [2.45, 2.75) is 25.0 Å². The summed E-state index contributed by atoms with van der Waals surface area (Å²) in [5.74, 6) is -1.28. The lowest BCUT2D eigenvalue weighted by atomic mass is 9.95. The topological polar surface area (TPSA) is 119 Å². The zero-order valence-electron chi connectivity index (χ0n) is 17.4. The Morgan fingerprint density at radius 1 is 1.19 bits per heavy atom. The number of nitro benzene ring substituents is 1. The number of hydrogen-bond acceptors (Lipinski definition) is 7. The van der Waals surface area contributed by atoms with Gasteiger partial charge in [0.15, 0.2) is 0 Å². The van der Waals surface area contributed by atoms with Crippen LogP contribution in [0.2, 0.25) is 0 Å². The van der Waals surface area contributed by atoms with Crippen LogP contribution in [-0.4, -0.2) is 53.0 Å². The van der Waals surface area contributed by atoms with Crippen molar-refractivity contribution in [2.24, 2.45) is 0 Å². The number of non-ortho nitro benzene ring substituents is 1. The number of carbonyl (C=O) groups is 2. The number of carbonyl (C=O) groups excluding carboxylic acids is 2. The van der Waals surface area contributed by atoms with Crippen LogP contribution in [0.1, 0.15) is 30.0 Å². The minimum Gasteiger partial charge on any atom is -0.507 e. The molecule has 2 fully saturated rings. The van der Waals surface area contributed by atoms with Crippen LogP contribution in [0.15, 0.2) is 54.1 Å². The number of nitro groups is 1. The molecular weight excluding hydrogens is 416 g/mol. The van der Waals surface area contributed by atoms with Crippen molar-refractivity contribution in [1.29, 1.82) is 0 Å². The molecular formula is C23H22N2O7.